The number of rotatable bonds is 2. The number of amides is 2. The van der Waals surface area contributed by atoms with E-state index in [1.165, 1.54) is 0 Å². The average Bonchev–Trinajstić information content (AvgIpc) is 2.90. The van der Waals surface area contributed by atoms with Crippen LogP contribution >= 0.6 is 0 Å². The lowest BCUT2D eigenvalue weighted by atomic mass is 9.91. The number of piperidine rings is 1. The molecule has 4 heteroatoms. The number of carbonyl (C=O) groups is 2. The summed E-state index contributed by atoms with van der Waals surface area (Å²) in [7, 11) is 0. The van der Waals surface area contributed by atoms with E-state index < -0.39 is 0 Å². The van der Waals surface area contributed by atoms with E-state index in [2.05, 4.69) is 19.2 Å². The van der Waals surface area contributed by atoms with Crippen LogP contribution in [0.5, 0.6) is 0 Å². The number of nitrogens with one attached hydrogen (secondary N) is 1. The van der Waals surface area contributed by atoms with Crippen molar-refractivity contribution in [3.8, 4) is 0 Å². The van der Waals surface area contributed by atoms with Gasteiger partial charge in [-0.3, -0.25) is 14.5 Å². The lowest BCUT2D eigenvalue weighted by Gasteiger charge is -2.34. The highest BCUT2D eigenvalue weighted by Gasteiger charge is 2.53. The van der Waals surface area contributed by atoms with E-state index >= 15 is 0 Å². The van der Waals surface area contributed by atoms with E-state index in [1.54, 1.807) is 4.90 Å². The second-order valence-corrected chi connectivity index (χ2v) is 6.68. The molecule has 2 amide bonds. The van der Waals surface area contributed by atoms with Crippen molar-refractivity contribution in [1.82, 2.24) is 10.2 Å². The maximum absolute atomic E-state index is 12.5. The minimum atomic E-state index is -0.0125. The molecule has 1 N–H and O–H groups in total. The summed E-state index contributed by atoms with van der Waals surface area (Å²) in [6.45, 7) is 6.20. The number of hydrogen-bond acceptors (Lipinski definition) is 3. The molecule has 19 heavy (non-hydrogen) atoms. The Balaban J connectivity index is 1.74. The smallest absolute Gasteiger partial charge is 0.233 e. The summed E-state index contributed by atoms with van der Waals surface area (Å²) < 4.78 is 0. The molecule has 1 saturated carbocycles. The van der Waals surface area contributed by atoms with Gasteiger partial charge in [-0.05, 0) is 57.5 Å². The second-order valence-electron chi connectivity index (χ2n) is 6.68. The fourth-order valence-electron chi connectivity index (χ4n) is 4.21. The molecule has 3 rings (SSSR count). The Hall–Kier alpha value is -0.900. The van der Waals surface area contributed by atoms with Gasteiger partial charge in [-0.2, -0.15) is 0 Å². The first-order valence-electron chi connectivity index (χ1n) is 7.67. The van der Waals surface area contributed by atoms with Crippen molar-refractivity contribution in [2.24, 2.45) is 23.7 Å². The highest BCUT2D eigenvalue weighted by atomic mass is 16.2. The Morgan fingerprint density at radius 2 is 1.84 bits per heavy atom. The molecule has 0 aromatic carbocycles. The Bertz CT molecular complexity index is 366. The van der Waals surface area contributed by atoms with Crippen LogP contribution in [-0.4, -0.2) is 35.8 Å². The van der Waals surface area contributed by atoms with Crippen molar-refractivity contribution >= 4 is 11.8 Å². The maximum atomic E-state index is 12.5. The summed E-state index contributed by atoms with van der Waals surface area (Å²) in [4.78, 5) is 26.6. The molecule has 4 nitrogen and oxygen atoms in total. The van der Waals surface area contributed by atoms with Crippen LogP contribution in [0.1, 0.15) is 39.5 Å². The molecule has 0 aromatic rings. The minimum Gasteiger partial charge on any atom is -0.316 e. The van der Waals surface area contributed by atoms with Gasteiger partial charge in [0.15, 0.2) is 0 Å². The van der Waals surface area contributed by atoms with Gasteiger partial charge in [0.2, 0.25) is 11.8 Å². The van der Waals surface area contributed by atoms with Crippen LogP contribution in [0.25, 0.3) is 0 Å². The van der Waals surface area contributed by atoms with Crippen LogP contribution in [-0.2, 0) is 9.59 Å². The number of likely N-dealkylation sites (tertiary alicyclic amines) is 1. The van der Waals surface area contributed by atoms with Gasteiger partial charge in [0.25, 0.3) is 0 Å². The first kappa shape index (κ1) is 13.1. The standard InChI is InChI=1S/C15H24N2O2/c1-9-6-12-13(7-9)15(19)17(14(12)18)10(2)11-4-3-5-16-8-11/h9-13,16H,3-8H2,1-2H3. The largest absolute Gasteiger partial charge is 0.316 e. The van der Waals surface area contributed by atoms with E-state index in [9.17, 15) is 9.59 Å². The molecule has 2 heterocycles. The Kier molecular flexibility index (Phi) is 3.37. The predicted octanol–water partition coefficient (Wildman–Crippen LogP) is 1.41. The van der Waals surface area contributed by atoms with Crippen molar-refractivity contribution in [2.45, 2.75) is 45.6 Å². The van der Waals surface area contributed by atoms with Gasteiger partial charge in [0, 0.05) is 6.04 Å². The summed E-state index contributed by atoms with van der Waals surface area (Å²) in [5.41, 5.74) is 0. The molecule has 0 bridgehead atoms. The Morgan fingerprint density at radius 1 is 1.21 bits per heavy atom. The summed E-state index contributed by atoms with van der Waals surface area (Å²) >= 11 is 0. The molecular formula is C15H24N2O2. The zero-order valence-corrected chi connectivity index (χ0v) is 11.9. The third-order valence-electron chi connectivity index (χ3n) is 5.33. The molecule has 3 fully saturated rings. The van der Waals surface area contributed by atoms with E-state index in [0.717, 1.165) is 38.8 Å². The van der Waals surface area contributed by atoms with E-state index in [1.807, 2.05) is 0 Å². The topological polar surface area (TPSA) is 49.4 Å². The fraction of sp³-hybridized carbons (Fsp3) is 0.867. The van der Waals surface area contributed by atoms with Crippen LogP contribution in [0.4, 0.5) is 0 Å². The molecular weight excluding hydrogens is 240 g/mol. The van der Waals surface area contributed by atoms with Crippen molar-refractivity contribution in [3.05, 3.63) is 0 Å². The first-order chi connectivity index (χ1) is 9.09. The van der Waals surface area contributed by atoms with Crippen molar-refractivity contribution in [1.29, 1.82) is 0 Å². The van der Waals surface area contributed by atoms with Crippen LogP contribution < -0.4 is 5.32 Å². The number of fused-ring (bicyclic) bond motifs is 1. The minimum absolute atomic E-state index is 0.0125. The van der Waals surface area contributed by atoms with E-state index in [4.69, 9.17) is 0 Å². The summed E-state index contributed by atoms with van der Waals surface area (Å²) in [5, 5.41) is 3.38. The summed E-state index contributed by atoms with van der Waals surface area (Å²) in [6, 6.07) is 0.0636. The lowest BCUT2D eigenvalue weighted by Crippen LogP contribution is -2.48. The molecule has 2 aliphatic heterocycles. The maximum Gasteiger partial charge on any atom is 0.233 e. The third-order valence-corrected chi connectivity index (χ3v) is 5.33. The Labute approximate surface area is 114 Å². The molecule has 0 radical (unpaired) electrons. The molecule has 0 aromatic heterocycles. The normalized spacial score (nSPS) is 40.6. The number of nitrogens with zero attached hydrogens (tertiary/aromatic N) is 1. The quantitative estimate of drug-likeness (QED) is 0.767. The average molecular weight is 264 g/mol. The molecule has 106 valence electrons. The number of hydrogen-bond donors (Lipinski definition) is 1. The van der Waals surface area contributed by atoms with Gasteiger partial charge in [0.05, 0.1) is 11.8 Å². The predicted molar refractivity (Wildman–Crippen MR) is 72.3 cm³/mol. The molecule has 3 aliphatic rings. The van der Waals surface area contributed by atoms with Crippen molar-refractivity contribution < 1.29 is 9.59 Å². The van der Waals surface area contributed by atoms with Crippen molar-refractivity contribution in [3.63, 3.8) is 0 Å². The lowest BCUT2D eigenvalue weighted by molar-refractivity contribution is -0.144. The first-order valence-corrected chi connectivity index (χ1v) is 7.67. The van der Waals surface area contributed by atoms with E-state index in [0.29, 0.717) is 11.8 Å². The zero-order chi connectivity index (χ0) is 13.6. The van der Waals surface area contributed by atoms with Gasteiger partial charge in [-0.25, -0.2) is 0 Å². The monoisotopic (exact) mass is 264 g/mol. The molecule has 4 atom stereocenters. The van der Waals surface area contributed by atoms with Crippen molar-refractivity contribution in [2.75, 3.05) is 13.1 Å². The summed E-state index contributed by atoms with van der Waals surface area (Å²) in [6.07, 6.45) is 4.08. The summed E-state index contributed by atoms with van der Waals surface area (Å²) in [5.74, 6) is 1.15. The third kappa shape index (κ3) is 2.10. The zero-order valence-electron chi connectivity index (χ0n) is 11.9. The fourth-order valence-corrected chi connectivity index (χ4v) is 4.21. The molecule has 0 spiro atoms. The van der Waals surface area contributed by atoms with Crippen LogP contribution in [0.15, 0.2) is 0 Å². The second kappa shape index (κ2) is 4.89. The SMILES string of the molecule is CC1CC2C(=O)N(C(C)C3CCCNC3)C(=O)C2C1. The van der Waals surface area contributed by atoms with E-state index in [-0.39, 0.29) is 29.7 Å². The molecule has 2 saturated heterocycles. The van der Waals surface area contributed by atoms with Gasteiger partial charge < -0.3 is 5.32 Å². The van der Waals surface area contributed by atoms with Crippen LogP contribution in [0, 0.1) is 23.7 Å². The Morgan fingerprint density at radius 3 is 2.37 bits per heavy atom. The molecule has 4 unspecified atom stereocenters. The van der Waals surface area contributed by atoms with Crippen LogP contribution in [0.2, 0.25) is 0 Å². The van der Waals surface area contributed by atoms with Gasteiger partial charge >= 0.3 is 0 Å². The number of carbonyl (C=O) groups excluding carboxylic acids is 2. The van der Waals surface area contributed by atoms with Crippen LogP contribution in [0.3, 0.4) is 0 Å². The highest BCUT2D eigenvalue weighted by molar-refractivity contribution is 6.05. The molecule has 1 aliphatic carbocycles. The van der Waals surface area contributed by atoms with Gasteiger partial charge in [0.1, 0.15) is 0 Å². The van der Waals surface area contributed by atoms with Gasteiger partial charge in [-0.15, -0.1) is 0 Å². The highest BCUT2D eigenvalue weighted by Crippen LogP contribution is 2.44. The number of imide groups is 1. The van der Waals surface area contributed by atoms with Gasteiger partial charge in [-0.1, -0.05) is 6.92 Å².